The molecule has 1 aromatic carbocycles. The van der Waals surface area contributed by atoms with Crippen LogP contribution in [0.3, 0.4) is 0 Å². The largest absolute Gasteiger partial charge is 0.489 e. The van der Waals surface area contributed by atoms with E-state index in [2.05, 4.69) is 0 Å². The molecule has 0 aliphatic carbocycles. The van der Waals surface area contributed by atoms with E-state index in [0.29, 0.717) is 40.2 Å². The molecule has 0 N–H and O–H groups in total. The lowest BCUT2D eigenvalue weighted by Gasteiger charge is -2.12. The number of hydrogen-bond acceptors (Lipinski definition) is 6. The highest BCUT2D eigenvalue weighted by molar-refractivity contribution is 7.14. The fraction of sp³-hybridized carbons (Fsp3) is 0.368. The molecule has 1 aromatic heterocycles. The lowest BCUT2D eigenvalue weighted by atomic mass is 10.2. The molecule has 1 aliphatic heterocycles. The number of rotatable bonds is 6. The Kier molecular flexibility index (Phi) is 6.16. The third-order valence-electron chi connectivity index (χ3n) is 3.83. The number of Topliss-reactive ketones (excluding diaryl/α,β-unsaturated/α-hetero) is 1. The molecule has 7 heteroatoms. The Morgan fingerprint density at radius 2 is 2.00 bits per heavy atom. The van der Waals surface area contributed by atoms with Crippen molar-refractivity contribution in [1.29, 1.82) is 0 Å². The predicted molar refractivity (Wildman–Crippen MR) is 99.5 cm³/mol. The Balaban J connectivity index is 1.52. The van der Waals surface area contributed by atoms with Gasteiger partial charge in [-0.1, -0.05) is 11.6 Å². The lowest BCUT2D eigenvalue weighted by Crippen LogP contribution is -2.08. The zero-order valence-corrected chi connectivity index (χ0v) is 16.0. The quantitative estimate of drug-likeness (QED) is 0.530. The van der Waals surface area contributed by atoms with Crippen LogP contribution in [-0.4, -0.2) is 25.0 Å². The maximum atomic E-state index is 12.0. The molecule has 0 saturated carbocycles. The number of thiophene rings is 1. The minimum Gasteiger partial charge on any atom is -0.489 e. The van der Waals surface area contributed by atoms with Gasteiger partial charge in [-0.15, -0.1) is 11.3 Å². The van der Waals surface area contributed by atoms with Gasteiger partial charge in [-0.25, -0.2) is 0 Å². The molecule has 0 unspecified atom stereocenters. The SMILES string of the molecule is Cc1ccc(C(=O)CCC(=O)OCc2cc(Cl)c3c(c2)OCCCO3)s1. The first-order valence-electron chi connectivity index (χ1n) is 8.36. The Morgan fingerprint density at radius 1 is 1.19 bits per heavy atom. The average Bonchev–Trinajstić information content (AvgIpc) is 2.91. The van der Waals surface area contributed by atoms with Crippen LogP contribution in [0.15, 0.2) is 24.3 Å². The zero-order chi connectivity index (χ0) is 18.5. The fourth-order valence-corrected chi connectivity index (χ4v) is 3.65. The highest BCUT2D eigenvalue weighted by atomic mass is 35.5. The van der Waals surface area contributed by atoms with Crippen LogP contribution in [0.4, 0.5) is 0 Å². The second-order valence-electron chi connectivity index (χ2n) is 5.95. The Bertz CT molecular complexity index is 814. The molecule has 3 rings (SSSR count). The molecule has 138 valence electrons. The summed E-state index contributed by atoms with van der Waals surface area (Å²) in [7, 11) is 0. The number of carbonyl (C=O) groups is 2. The molecule has 0 spiro atoms. The van der Waals surface area contributed by atoms with Crippen molar-refractivity contribution in [2.45, 2.75) is 32.8 Å². The van der Waals surface area contributed by atoms with Crippen LogP contribution >= 0.6 is 22.9 Å². The first-order valence-corrected chi connectivity index (χ1v) is 9.55. The third-order valence-corrected chi connectivity index (χ3v) is 5.16. The van der Waals surface area contributed by atoms with E-state index in [9.17, 15) is 9.59 Å². The van der Waals surface area contributed by atoms with Gasteiger partial charge in [0, 0.05) is 17.7 Å². The summed E-state index contributed by atoms with van der Waals surface area (Å²) >= 11 is 7.65. The maximum Gasteiger partial charge on any atom is 0.306 e. The highest BCUT2D eigenvalue weighted by Crippen LogP contribution is 2.38. The van der Waals surface area contributed by atoms with Crippen molar-refractivity contribution in [2.75, 3.05) is 13.2 Å². The number of ether oxygens (including phenoxy) is 3. The molecular formula is C19H19ClO5S. The van der Waals surface area contributed by atoms with E-state index in [4.69, 9.17) is 25.8 Å². The van der Waals surface area contributed by atoms with Gasteiger partial charge in [-0.05, 0) is 36.8 Å². The molecule has 2 heterocycles. The van der Waals surface area contributed by atoms with Crippen LogP contribution in [0.1, 0.15) is 39.4 Å². The number of benzene rings is 1. The lowest BCUT2D eigenvalue weighted by molar-refractivity contribution is -0.144. The van der Waals surface area contributed by atoms with E-state index >= 15 is 0 Å². The van der Waals surface area contributed by atoms with Crippen LogP contribution in [-0.2, 0) is 16.1 Å². The van der Waals surface area contributed by atoms with Crippen molar-refractivity contribution in [3.05, 3.63) is 44.6 Å². The van der Waals surface area contributed by atoms with Gasteiger partial charge in [0.2, 0.25) is 0 Å². The molecule has 0 saturated heterocycles. The Hall–Kier alpha value is -2.05. The van der Waals surface area contributed by atoms with Gasteiger partial charge >= 0.3 is 5.97 Å². The number of fused-ring (bicyclic) bond motifs is 1. The smallest absolute Gasteiger partial charge is 0.306 e. The Morgan fingerprint density at radius 3 is 2.77 bits per heavy atom. The summed E-state index contributed by atoms with van der Waals surface area (Å²) in [6.07, 6.45) is 0.974. The second kappa shape index (κ2) is 8.56. The van der Waals surface area contributed by atoms with E-state index in [1.807, 2.05) is 13.0 Å². The molecule has 26 heavy (non-hydrogen) atoms. The van der Waals surface area contributed by atoms with E-state index in [0.717, 1.165) is 11.3 Å². The minimum atomic E-state index is -0.421. The molecule has 0 atom stereocenters. The molecule has 0 radical (unpaired) electrons. The third kappa shape index (κ3) is 4.77. The maximum absolute atomic E-state index is 12.0. The molecule has 0 amide bonds. The van der Waals surface area contributed by atoms with Crippen molar-refractivity contribution in [1.82, 2.24) is 0 Å². The summed E-state index contributed by atoms with van der Waals surface area (Å²) in [5.41, 5.74) is 0.716. The number of ketones is 1. The van der Waals surface area contributed by atoms with Gasteiger partial charge in [0.15, 0.2) is 17.3 Å². The molecule has 0 bridgehead atoms. The zero-order valence-electron chi connectivity index (χ0n) is 14.4. The molecule has 0 fully saturated rings. The summed E-state index contributed by atoms with van der Waals surface area (Å²) in [5.74, 6) is 0.619. The van der Waals surface area contributed by atoms with E-state index in [-0.39, 0.29) is 25.2 Å². The van der Waals surface area contributed by atoms with E-state index < -0.39 is 5.97 Å². The van der Waals surface area contributed by atoms with Gasteiger partial charge in [0.25, 0.3) is 0 Å². The van der Waals surface area contributed by atoms with Gasteiger partial charge in [0.05, 0.1) is 29.5 Å². The molecule has 2 aromatic rings. The molecular weight excluding hydrogens is 376 g/mol. The number of hydrogen-bond donors (Lipinski definition) is 0. The fourth-order valence-electron chi connectivity index (χ4n) is 2.53. The van der Waals surface area contributed by atoms with Crippen molar-refractivity contribution >= 4 is 34.7 Å². The van der Waals surface area contributed by atoms with Crippen molar-refractivity contribution in [2.24, 2.45) is 0 Å². The van der Waals surface area contributed by atoms with Gasteiger partial charge in [-0.2, -0.15) is 0 Å². The summed E-state index contributed by atoms with van der Waals surface area (Å²) < 4.78 is 16.4. The summed E-state index contributed by atoms with van der Waals surface area (Å²) in [6, 6.07) is 7.14. The number of carbonyl (C=O) groups excluding carboxylic acids is 2. The normalized spacial score (nSPS) is 13.2. The van der Waals surface area contributed by atoms with Crippen LogP contribution in [0.25, 0.3) is 0 Å². The van der Waals surface area contributed by atoms with Crippen molar-refractivity contribution in [3.8, 4) is 11.5 Å². The first kappa shape index (κ1) is 18.7. The number of halogens is 1. The van der Waals surface area contributed by atoms with E-state index in [1.165, 1.54) is 11.3 Å². The average molecular weight is 395 g/mol. The van der Waals surface area contributed by atoms with Gasteiger partial charge in [-0.3, -0.25) is 9.59 Å². The minimum absolute atomic E-state index is 0.0429. The van der Waals surface area contributed by atoms with Crippen LogP contribution < -0.4 is 9.47 Å². The second-order valence-corrected chi connectivity index (χ2v) is 7.64. The standard InChI is InChI=1S/C19H19ClO5S/c1-12-3-5-17(26-12)15(21)4-6-18(22)25-11-13-9-14(20)19-16(10-13)23-7-2-8-24-19/h3,5,9-10H,2,4,6-8,11H2,1H3. The van der Waals surface area contributed by atoms with Gasteiger partial charge < -0.3 is 14.2 Å². The van der Waals surface area contributed by atoms with E-state index in [1.54, 1.807) is 18.2 Å². The van der Waals surface area contributed by atoms with Crippen molar-refractivity contribution in [3.63, 3.8) is 0 Å². The molecule has 1 aliphatic rings. The highest BCUT2D eigenvalue weighted by Gasteiger charge is 2.17. The number of aryl methyl sites for hydroxylation is 1. The van der Waals surface area contributed by atoms with Crippen LogP contribution in [0.5, 0.6) is 11.5 Å². The van der Waals surface area contributed by atoms with Gasteiger partial charge in [0.1, 0.15) is 6.61 Å². The number of esters is 1. The summed E-state index contributed by atoms with van der Waals surface area (Å²) in [5, 5.41) is 0.429. The topological polar surface area (TPSA) is 61.8 Å². The van der Waals surface area contributed by atoms with Crippen LogP contribution in [0, 0.1) is 6.92 Å². The first-order chi connectivity index (χ1) is 12.5. The molecule has 5 nitrogen and oxygen atoms in total. The predicted octanol–water partition coefficient (Wildman–Crippen LogP) is 4.58. The van der Waals surface area contributed by atoms with Crippen LogP contribution in [0.2, 0.25) is 5.02 Å². The summed E-state index contributed by atoms with van der Waals surface area (Å²) in [6.45, 7) is 3.12. The summed E-state index contributed by atoms with van der Waals surface area (Å²) in [4.78, 5) is 25.7. The monoisotopic (exact) mass is 394 g/mol. The van der Waals surface area contributed by atoms with Crippen molar-refractivity contribution < 1.29 is 23.8 Å². The Labute approximate surface area is 160 Å².